The molecule has 154 valence electrons. The Morgan fingerprint density at radius 2 is 2.03 bits per heavy atom. The van der Waals surface area contributed by atoms with Crippen molar-refractivity contribution >= 4 is 23.1 Å². The minimum absolute atomic E-state index is 0.204. The zero-order valence-electron chi connectivity index (χ0n) is 16.0. The average Bonchev–Trinajstić information content (AvgIpc) is 3.41. The smallest absolute Gasteiger partial charge is 0.335 e. The fraction of sp³-hybridized carbons (Fsp3) is 0.316. The van der Waals surface area contributed by atoms with Crippen LogP contribution in [-0.2, 0) is 4.74 Å². The summed E-state index contributed by atoms with van der Waals surface area (Å²) < 4.78 is 6.99. The van der Waals surface area contributed by atoms with Crippen LogP contribution in [0.5, 0.6) is 0 Å². The first kappa shape index (κ1) is 18.5. The van der Waals surface area contributed by atoms with E-state index in [0.29, 0.717) is 35.4 Å². The second-order valence-electron chi connectivity index (χ2n) is 7.12. The third kappa shape index (κ3) is 3.55. The van der Waals surface area contributed by atoms with Crippen molar-refractivity contribution in [3.63, 3.8) is 0 Å². The highest BCUT2D eigenvalue weighted by molar-refractivity contribution is 5.87. The number of nitrogens with zero attached hydrogens (tertiary/aromatic N) is 6. The molecular formula is C19H20N8O3. The Morgan fingerprint density at radius 1 is 1.23 bits per heavy atom. The van der Waals surface area contributed by atoms with E-state index in [1.807, 2.05) is 6.20 Å². The number of carboxylic acid groups (broad SMARTS) is 1. The number of rotatable bonds is 5. The predicted molar refractivity (Wildman–Crippen MR) is 107 cm³/mol. The SMILES string of the molecule is O=C(O)c1ccc(-n2nnc3cnc(NC4=CN(C5CCOCC5)NC4)nc32)cc1. The van der Waals surface area contributed by atoms with Gasteiger partial charge in [0.05, 0.1) is 29.7 Å². The van der Waals surface area contributed by atoms with Gasteiger partial charge in [-0.05, 0) is 37.1 Å². The maximum Gasteiger partial charge on any atom is 0.335 e. The van der Waals surface area contributed by atoms with Crippen LogP contribution in [0, 0.1) is 0 Å². The fourth-order valence-electron chi connectivity index (χ4n) is 3.56. The van der Waals surface area contributed by atoms with Crippen LogP contribution in [0.4, 0.5) is 5.95 Å². The van der Waals surface area contributed by atoms with Crippen LogP contribution in [0.1, 0.15) is 23.2 Å². The summed E-state index contributed by atoms with van der Waals surface area (Å²) in [5, 5.41) is 22.7. The molecule has 0 aliphatic carbocycles. The van der Waals surface area contributed by atoms with E-state index < -0.39 is 5.97 Å². The molecule has 1 aromatic carbocycles. The summed E-state index contributed by atoms with van der Waals surface area (Å²) in [6, 6.07) is 6.79. The van der Waals surface area contributed by atoms with Gasteiger partial charge in [0, 0.05) is 25.5 Å². The highest BCUT2D eigenvalue weighted by Crippen LogP contribution is 2.19. The normalized spacial score (nSPS) is 17.3. The lowest BCUT2D eigenvalue weighted by molar-refractivity contribution is 0.0391. The van der Waals surface area contributed by atoms with Gasteiger partial charge in [-0.3, -0.25) is 0 Å². The van der Waals surface area contributed by atoms with Crippen molar-refractivity contribution in [3.8, 4) is 5.69 Å². The first-order valence-corrected chi connectivity index (χ1v) is 9.67. The predicted octanol–water partition coefficient (Wildman–Crippen LogP) is 1.16. The van der Waals surface area contributed by atoms with Crippen molar-refractivity contribution in [3.05, 3.63) is 47.9 Å². The lowest BCUT2D eigenvalue weighted by atomic mass is 10.1. The number of ether oxygens (including phenoxy) is 1. The average molecular weight is 408 g/mol. The van der Waals surface area contributed by atoms with Crippen molar-refractivity contribution in [2.75, 3.05) is 25.1 Å². The molecule has 0 spiro atoms. The summed E-state index contributed by atoms with van der Waals surface area (Å²) in [6.07, 6.45) is 5.64. The Hall–Kier alpha value is -3.57. The number of fused-ring (bicyclic) bond motifs is 1. The van der Waals surface area contributed by atoms with E-state index >= 15 is 0 Å². The molecule has 11 nitrogen and oxygen atoms in total. The molecule has 5 rings (SSSR count). The summed E-state index contributed by atoms with van der Waals surface area (Å²) in [4.78, 5) is 20.0. The molecule has 11 heteroatoms. The van der Waals surface area contributed by atoms with Crippen LogP contribution in [0.3, 0.4) is 0 Å². The quantitative estimate of drug-likeness (QED) is 0.565. The Labute approximate surface area is 171 Å². The van der Waals surface area contributed by atoms with Gasteiger partial charge >= 0.3 is 5.97 Å². The van der Waals surface area contributed by atoms with Gasteiger partial charge in [0.25, 0.3) is 0 Å². The van der Waals surface area contributed by atoms with Crippen molar-refractivity contribution in [1.29, 1.82) is 0 Å². The second-order valence-corrected chi connectivity index (χ2v) is 7.12. The van der Waals surface area contributed by atoms with E-state index in [4.69, 9.17) is 9.84 Å². The number of anilines is 1. The van der Waals surface area contributed by atoms with Crippen molar-refractivity contribution in [2.45, 2.75) is 18.9 Å². The zero-order chi connectivity index (χ0) is 20.5. The molecule has 0 radical (unpaired) electrons. The highest BCUT2D eigenvalue weighted by atomic mass is 16.5. The van der Waals surface area contributed by atoms with E-state index in [2.05, 4.69) is 36.0 Å². The number of hydrazine groups is 1. The number of carbonyl (C=O) groups is 1. The number of nitrogens with one attached hydrogen (secondary N) is 2. The topological polar surface area (TPSA) is 130 Å². The molecule has 2 aliphatic rings. The minimum atomic E-state index is -0.980. The molecule has 2 aliphatic heterocycles. The number of carboxylic acids is 1. The first-order valence-electron chi connectivity index (χ1n) is 9.67. The van der Waals surface area contributed by atoms with E-state index in [1.54, 1.807) is 23.0 Å². The van der Waals surface area contributed by atoms with Crippen LogP contribution >= 0.6 is 0 Å². The number of aromatic nitrogens is 5. The van der Waals surface area contributed by atoms with Gasteiger partial charge in [-0.1, -0.05) is 5.21 Å². The molecule has 1 fully saturated rings. The zero-order valence-corrected chi connectivity index (χ0v) is 16.0. The number of hydrogen-bond acceptors (Lipinski definition) is 9. The molecule has 0 unspecified atom stereocenters. The van der Waals surface area contributed by atoms with Crippen LogP contribution in [0.25, 0.3) is 16.9 Å². The standard InChI is InChI=1S/C19H20N8O3/c28-18(29)12-1-3-15(4-2-12)27-17-16(24-25-27)10-20-19(23-17)22-13-9-21-26(11-13)14-5-7-30-8-6-14/h1-4,10-11,14,21H,5-9H2,(H,28,29)(H,20,22,23). The lowest BCUT2D eigenvalue weighted by Gasteiger charge is -2.30. The molecule has 4 heterocycles. The number of hydrogen-bond donors (Lipinski definition) is 3. The van der Waals surface area contributed by atoms with Crippen LogP contribution in [0.2, 0.25) is 0 Å². The number of aromatic carboxylic acids is 1. The monoisotopic (exact) mass is 408 g/mol. The second kappa shape index (κ2) is 7.69. The van der Waals surface area contributed by atoms with Crippen molar-refractivity contribution in [2.24, 2.45) is 0 Å². The van der Waals surface area contributed by atoms with Crippen LogP contribution in [0.15, 0.2) is 42.4 Å². The molecule has 0 bridgehead atoms. The Balaban J connectivity index is 1.37. The summed E-state index contributed by atoms with van der Waals surface area (Å²) >= 11 is 0. The molecule has 1 saturated heterocycles. The van der Waals surface area contributed by atoms with Gasteiger partial charge in [0.1, 0.15) is 0 Å². The molecule has 2 aromatic heterocycles. The molecule has 3 N–H and O–H groups in total. The molecule has 30 heavy (non-hydrogen) atoms. The maximum atomic E-state index is 11.1. The third-order valence-corrected chi connectivity index (χ3v) is 5.15. The van der Waals surface area contributed by atoms with Gasteiger partial charge in [-0.25, -0.2) is 15.2 Å². The summed E-state index contributed by atoms with van der Waals surface area (Å²) in [6.45, 7) is 2.22. The molecule has 0 amide bonds. The summed E-state index contributed by atoms with van der Waals surface area (Å²) in [5.41, 5.74) is 6.28. The van der Waals surface area contributed by atoms with Gasteiger partial charge in [-0.2, -0.15) is 9.67 Å². The maximum absolute atomic E-state index is 11.1. The van der Waals surface area contributed by atoms with Crippen molar-refractivity contribution < 1.29 is 14.6 Å². The Bertz CT molecular complexity index is 1100. The largest absolute Gasteiger partial charge is 0.478 e. The van der Waals surface area contributed by atoms with E-state index in [1.165, 1.54) is 12.1 Å². The van der Waals surface area contributed by atoms with Gasteiger partial charge in [-0.15, -0.1) is 5.10 Å². The first-order chi connectivity index (χ1) is 14.7. The third-order valence-electron chi connectivity index (χ3n) is 5.15. The molecule has 3 aromatic rings. The van der Waals surface area contributed by atoms with Crippen LogP contribution in [-0.4, -0.2) is 66.8 Å². The van der Waals surface area contributed by atoms with E-state index in [9.17, 15) is 4.79 Å². The minimum Gasteiger partial charge on any atom is -0.478 e. The van der Waals surface area contributed by atoms with Gasteiger partial charge in [0.2, 0.25) is 5.95 Å². The molecule has 0 saturated carbocycles. The van der Waals surface area contributed by atoms with Crippen molar-refractivity contribution in [1.82, 2.24) is 35.4 Å². The lowest BCUT2D eigenvalue weighted by Crippen LogP contribution is -2.41. The van der Waals surface area contributed by atoms with E-state index in [0.717, 1.165) is 31.8 Å². The Morgan fingerprint density at radius 3 is 2.80 bits per heavy atom. The van der Waals surface area contributed by atoms with E-state index in [-0.39, 0.29) is 5.56 Å². The van der Waals surface area contributed by atoms with Gasteiger partial charge < -0.3 is 20.2 Å². The fourth-order valence-corrected chi connectivity index (χ4v) is 3.56. The Kier molecular flexibility index (Phi) is 4.73. The van der Waals surface area contributed by atoms with Gasteiger partial charge in [0.15, 0.2) is 11.2 Å². The van der Waals surface area contributed by atoms with Crippen LogP contribution < -0.4 is 10.7 Å². The number of benzene rings is 1. The highest BCUT2D eigenvalue weighted by Gasteiger charge is 2.23. The summed E-state index contributed by atoms with van der Waals surface area (Å²) in [7, 11) is 0. The molecular weight excluding hydrogens is 388 g/mol. The summed E-state index contributed by atoms with van der Waals surface area (Å²) in [5.74, 6) is -0.540. The molecule has 0 atom stereocenters.